The van der Waals surface area contributed by atoms with Crippen molar-refractivity contribution in [3.05, 3.63) is 35.9 Å². The van der Waals surface area contributed by atoms with Crippen molar-refractivity contribution >= 4 is 17.0 Å². The molecular weight excluding hydrogens is 286 g/mol. The molecule has 0 aliphatic rings. The zero-order valence-corrected chi connectivity index (χ0v) is 14.4. The van der Waals surface area contributed by atoms with E-state index < -0.39 is 27.2 Å². The highest BCUT2D eigenvalue weighted by Gasteiger charge is 2.40. The number of carbonyl (C=O) groups is 1. The van der Waals surface area contributed by atoms with Gasteiger partial charge in [0.25, 0.3) is 0 Å². The summed E-state index contributed by atoms with van der Waals surface area (Å²) in [7, 11) is -1.39. The van der Waals surface area contributed by atoms with E-state index in [4.69, 9.17) is 4.74 Å². The fraction of sp³-hybridized carbons (Fsp3) is 0.562. The van der Waals surface area contributed by atoms with Crippen molar-refractivity contribution in [2.75, 3.05) is 0 Å². The summed E-state index contributed by atoms with van der Waals surface area (Å²) in [5, 5.41) is 0. The van der Waals surface area contributed by atoms with Crippen molar-refractivity contribution in [2.45, 2.75) is 57.9 Å². The van der Waals surface area contributed by atoms with Crippen LogP contribution in [0, 0.1) is 0 Å². The Labute approximate surface area is 129 Å². The van der Waals surface area contributed by atoms with Gasteiger partial charge in [-0.1, -0.05) is 30.3 Å². The largest absolute Gasteiger partial charge is 0.461 e. The second kappa shape index (κ2) is 6.71. The summed E-state index contributed by atoms with van der Waals surface area (Å²) in [6.45, 7) is 10.9. The van der Waals surface area contributed by atoms with E-state index in [1.165, 1.54) is 0 Å². The van der Waals surface area contributed by atoms with Gasteiger partial charge in [0.05, 0.1) is 21.8 Å². The van der Waals surface area contributed by atoms with Gasteiger partial charge in [0.1, 0.15) is 0 Å². The van der Waals surface area contributed by atoms with Gasteiger partial charge in [-0.2, -0.15) is 0 Å². The topological polar surface area (TPSA) is 55.4 Å². The quantitative estimate of drug-likeness (QED) is 0.851. The van der Waals surface area contributed by atoms with E-state index in [0.717, 1.165) is 5.56 Å². The SMILES string of the molecule is CC(C)OC(=O)C(C)(NS(=O)C(C)(C)C)c1ccccc1. The minimum atomic E-state index is -1.39. The molecule has 1 aromatic rings. The summed E-state index contributed by atoms with van der Waals surface area (Å²) in [4.78, 5) is 12.5. The molecule has 118 valence electrons. The summed E-state index contributed by atoms with van der Waals surface area (Å²) < 4.78 is 20.3. The van der Waals surface area contributed by atoms with Crippen LogP contribution in [0.25, 0.3) is 0 Å². The number of hydrogen-bond acceptors (Lipinski definition) is 3. The molecule has 0 saturated heterocycles. The number of esters is 1. The Bertz CT molecular complexity index is 508. The van der Waals surface area contributed by atoms with Gasteiger partial charge in [-0.15, -0.1) is 0 Å². The Hall–Kier alpha value is -1.20. The van der Waals surface area contributed by atoms with Crippen LogP contribution in [0.4, 0.5) is 0 Å². The summed E-state index contributed by atoms with van der Waals surface area (Å²) >= 11 is 0. The normalized spacial score (nSPS) is 16.3. The van der Waals surface area contributed by atoms with Gasteiger partial charge in [0.15, 0.2) is 5.54 Å². The van der Waals surface area contributed by atoms with E-state index in [1.807, 2.05) is 51.1 Å². The molecule has 0 bridgehead atoms. The molecule has 0 heterocycles. The molecule has 1 N–H and O–H groups in total. The van der Waals surface area contributed by atoms with Crippen molar-refractivity contribution in [3.8, 4) is 0 Å². The molecule has 2 unspecified atom stereocenters. The average molecular weight is 311 g/mol. The Morgan fingerprint density at radius 1 is 1.14 bits per heavy atom. The fourth-order valence-corrected chi connectivity index (χ4v) is 2.54. The van der Waals surface area contributed by atoms with E-state index in [0.29, 0.717) is 0 Å². The predicted molar refractivity (Wildman–Crippen MR) is 86.1 cm³/mol. The minimum Gasteiger partial charge on any atom is -0.461 e. The summed E-state index contributed by atoms with van der Waals surface area (Å²) in [6.07, 6.45) is -0.231. The number of ether oxygens (including phenoxy) is 1. The lowest BCUT2D eigenvalue weighted by atomic mass is 9.93. The first kappa shape index (κ1) is 17.9. The molecule has 0 fully saturated rings. The van der Waals surface area contributed by atoms with Gasteiger partial charge >= 0.3 is 5.97 Å². The lowest BCUT2D eigenvalue weighted by Crippen LogP contribution is -2.52. The minimum absolute atomic E-state index is 0.231. The van der Waals surface area contributed by atoms with Crippen LogP contribution in [0.15, 0.2) is 30.3 Å². The van der Waals surface area contributed by atoms with Gasteiger partial charge in [-0.05, 0) is 47.1 Å². The number of rotatable bonds is 5. The van der Waals surface area contributed by atoms with E-state index in [1.54, 1.807) is 20.8 Å². The maximum absolute atomic E-state index is 12.5. The van der Waals surface area contributed by atoms with E-state index >= 15 is 0 Å². The number of nitrogens with one attached hydrogen (secondary N) is 1. The number of carbonyl (C=O) groups excluding carboxylic acids is 1. The Morgan fingerprint density at radius 2 is 1.67 bits per heavy atom. The maximum Gasteiger partial charge on any atom is 0.331 e. The molecule has 0 aliphatic heterocycles. The van der Waals surface area contributed by atoms with Gasteiger partial charge in [-0.3, -0.25) is 0 Å². The molecule has 5 heteroatoms. The molecule has 2 atom stereocenters. The van der Waals surface area contributed by atoms with Crippen LogP contribution in [0.2, 0.25) is 0 Å². The highest BCUT2D eigenvalue weighted by Crippen LogP contribution is 2.25. The van der Waals surface area contributed by atoms with E-state index in [-0.39, 0.29) is 6.10 Å². The van der Waals surface area contributed by atoms with Crippen LogP contribution < -0.4 is 4.72 Å². The van der Waals surface area contributed by atoms with Gasteiger partial charge < -0.3 is 4.74 Å². The summed E-state index contributed by atoms with van der Waals surface area (Å²) in [6, 6.07) is 9.22. The molecule has 1 aromatic carbocycles. The molecule has 1 rings (SSSR count). The zero-order valence-electron chi connectivity index (χ0n) is 13.6. The van der Waals surface area contributed by atoms with Crippen molar-refractivity contribution in [1.29, 1.82) is 0 Å². The van der Waals surface area contributed by atoms with Gasteiger partial charge in [-0.25, -0.2) is 13.7 Å². The van der Waals surface area contributed by atoms with Crippen LogP contribution in [-0.4, -0.2) is 21.0 Å². The van der Waals surface area contributed by atoms with Gasteiger partial charge in [0.2, 0.25) is 0 Å². The third-order valence-electron chi connectivity index (χ3n) is 2.96. The number of hydrogen-bond donors (Lipinski definition) is 1. The Morgan fingerprint density at radius 3 is 2.10 bits per heavy atom. The van der Waals surface area contributed by atoms with E-state index in [9.17, 15) is 9.00 Å². The molecule has 21 heavy (non-hydrogen) atoms. The average Bonchev–Trinajstić information content (AvgIpc) is 2.37. The first-order chi connectivity index (χ1) is 9.57. The molecule has 0 spiro atoms. The summed E-state index contributed by atoms with van der Waals surface area (Å²) in [5.74, 6) is -0.429. The third-order valence-corrected chi connectivity index (χ3v) is 4.66. The van der Waals surface area contributed by atoms with Crippen molar-refractivity contribution in [1.82, 2.24) is 4.72 Å². The third kappa shape index (κ3) is 4.64. The summed E-state index contributed by atoms with van der Waals surface area (Å²) in [5.41, 5.74) is -0.419. The monoisotopic (exact) mass is 311 g/mol. The van der Waals surface area contributed by atoms with Gasteiger partial charge in [0, 0.05) is 0 Å². The molecule has 4 nitrogen and oxygen atoms in total. The molecule has 0 aromatic heterocycles. The van der Waals surface area contributed by atoms with E-state index in [2.05, 4.69) is 4.72 Å². The first-order valence-corrected chi connectivity index (χ1v) is 8.18. The molecule has 0 radical (unpaired) electrons. The van der Waals surface area contributed by atoms with Crippen LogP contribution in [0.1, 0.15) is 47.1 Å². The number of benzene rings is 1. The van der Waals surface area contributed by atoms with Crippen LogP contribution in [-0.2, 0) is 26.1 Å². The molecule has 0 amide bonds. The standard InChI is InChI=1S/C16H25NO3S/c1-12(2)20-14(18)16(6,13-10-8-7-9-11-13)17-21(19)15(3,4)5/h7-12,17H,1-6H3. The van der Waals surface area contributed by atoms with Crippen LogP contribution in [0.3, 0.4) is 0 Å². The zero-order chi connectivity index (χ0) is 16.3. The van der Waals surface area contributed by atoms with Crippen LogP contribution >= 0.6 is 0 Å². The highest BCUT2D eigenvalue weighted by molar-refractivity contribution is 7.84. The van der Waals surface area contributed by atoms with Crippen molar-refractivity contribution in [2.24, 2.45) is 0 Å². The lowest BCUT2D eigenvalue weighted by Gasteiger charge is -2.32. The van der Waals surface area contributed by atoms with Crippen molar-refractivity contribution < 1.29 is 13.7 Å². The fourth-order valence-electron chi connectivity index (χ4n) is 1.66. The molecule has 0 saturated carbocycles. The second-order valence-corrected chi connectivity index (χ2v) is 8.39. The van der Waals surface area contributed by atoms with Crippen molar-refractivity contribution in [3.63, 3.8) is 0 Å². The lowest BCUT2D eigenvalue weighted by molar-refractivity contribution is -0.154. The smallest absolute Gasteiger partial charge is 0.331 e. The highest BCUT2D eigenvalue weighted by atomic mass is 32.2. The first-order valence-electron chi connectivity index (χ1n) is 7.03. The Balaban J connectivity index is 3.17. The molecular formula is C16H25NO3S. The second-order valence-electron chi connectivity index (χ2n) is 6.43. The maximum atomic E-state index is 12.5. The predicted octanol–water partition coefficient (Wildman–Crippen LogP) is 2.91. The van der Waals surface area contributed by atoms with Crippen LogP contribution in [0.5, 0.6) is 0 Å². The Kier molecular flexibility index (Phi) is 5.70. The molecule has 0 aliphatic carbocycles.